The summed E-state index contributed by atoms with van der Waals surface area (Å²) in [4.78, 5) is 22.2. The van der Waals surface area contributed by atoms with Gasteiger partial charge in [0.05, 0.1) is 5.92 Å². The molecule has 1 aliphatic carbocycles. The molecule has 0 bridgehead atoms. The van der Waals surface area contributed by atoms with Crippen molar-refractivity contribution in [3.8, 4) is 0 Å². The lowest BCUT2D eigenvalue weighted by Crippen LogP contribution is -2.42. The maximum atomic E-state index is 12.1. The van der Waals surface area contributed by atoms with E-state index < -0.39 is 30.0 Å². The molecule has 0 radical (unpaired) electrons. The second kappa shape index (κ2) is 2.86. The van der Waals surface area contributed by atoms with E-state index in [1.165, 1.54) is 0 Å². The number of rotatable bonds is 1. The van der Waals surface area contributed by atoms with Crippen molar-refractivity contribution in [2.24, 2.45) is 11.8 Å². The summed E-state index contributed by atoms with van der Waals surface area (Å²) in [5, 5.41) is 8.69. The Balaban J connectivity index is 2.09. The molecule has 1 saturated heterocycles. The van der Waals surface area contributed by atoms with Crippen molar-refractivity contribution in [2.45, 2.75) is 18.6 Å². The van der Waals surface area contributed by atoms with Gasteiger partial charge in [-0.25, -0.2) is 0 Å². The lowest BCUT2D eigenvalue weighted by molar-refractivity contribution is -0.185. The minimum atomic E-state index is -4.90. The zero-order chi connectivity index (χ0) is 11.4. The Bertz CT molecular complexity index is 328. The Morgan fingerprint density at radius 1 is 1.33 bits per heavy atom. The van der Waals surface area contributed by atoms with Gasteiger partial charge in [-0.05, 0) is 12.3 Å². The van der Waals surface area contributed by atoms with Crippen LogP contribution in [0.5, 0.6) is 0 Å². The Labute approximate surface area is 82.7 Å². The second-order valence-corrected chi connectivity index (χ2v) is 3.87. The number of alkyl halides is 3. The van der Waals surface area contributed by atoms with E-state index in [0.29, 0.717) is 11.3 Å². The molecule has 1 saturated carbocycles. The normalized spacial score (nSPS) is 33.8. The van der Waals surface area contributed by atoms with E-state index in [1.807, 2.05) is 0 Å². The summed E-state index contributed by atoms with van der Waals surface area (Å²) >= 11 is 0. The molecule has 1 aliphatic heterocycles. The number of carboxylic acid groups (broad SMARTS) is 1. The SMILES string of the molecule is O=C(O)C1CN(C(=O)C(F)(F)F)C2CC12. The molecule has 0 aromatic carbocycles. The second-order valence-electron chi connectivity index (χ2n) is 3.87. The average molecular weight is 223 g/mol. The average Bonchev–Trinajstić information content (AvgIpc) is 2.77. The van der Waals surface area contributed by atoms with Gasteiger partial charge in [-0.3, -0.25) is 9.59 Å². The number of halogens is 3. The van der Waals surface area contributed by atoms with Crippen LogP contribution in [0, 0.1) is 11.8 Å². The fraction of sp³-hybridized carbons (Fsp3) is 0.750. The van der Waals surface area contributed by atoms with Crippen LogP contribution in [-0.4, -0.2) is 40.6 Å². The largest absolute Gasteiger partial charge is 0.481 e. The predicted molar refractivity (Wildman–Crippen MR) is 40.8 cm³/mol. The number of nitrogens with zero attached hydrogens (tertiary/aromatic N) is 1. The number of likely N-dealkylation sites (tertiary alicyclic amines) is 1. The quantitative estimate of drug-likeness (QED) is 0.703. The van der Waals surface area contributed by atoms with Gasteiger partial charge in [-0.1, -0.05) is 0 Å². The van der Waals surface area contributed by atoms with Crippen molar-refractivity contribution >= 4 is 11.9 Å². The van der Waals surface area contributed by atoms with Crippen LogP contribution in [0.1, 0.15) is 6.42 Å². The first kappa shape index (κ1) is 10.3. The van der Waals surface area contributed by atoms with Gasteiger partial charge in [0.1, 0.15) is 0 Å². The number of carbonyl (C=O) groups is 2. The first-order valence-electron chi connectivity index (χ1n) is 4.43. The summed E-state index contributed by atoms with van der Waals surface area (Å²) in [6.45, 7) is -0.316. The van der Waals surface area contributed by atoms with Gasteiger partial charge in [-0.15, -0.1) is 0 Å². The molecule has 3 atom stereocenters. The number of amides is 1. The summed E-state index contributed by atoms with van der Waals surface area (Å²) in [6, 6.07) is -0.514. The van der Waals surface area contributed by atoms with E-state index in [9.17, 15) is 22.8 Å². The number of hydrogen-bond acceptors (Lipinski definition) is 2. The van der Waals surface area contributed by atoms with Gasteiger partial charge in [-0.2, -0.15) is 13.2 Å². The van der Waals surface area contributed by atoms with E-state index in [4.69, 9.17) is 5.11 Å². The highest BCUT2D eigenvalue weighted by Gasteiger charge is 2.61. The van der Waals surface area contributed by atoms with Crippen molar-refractivity contribution in [1.82, 2.24) is 4.90 Å². The molecule has 2 aliphatic rings. The summed E-state index contributed by atoms with van der Waals surface area (Å²) in [7, 11) is 0. The minimum Gasteiger partial charge on any atom is -0.481 e. The van der Waals surface area contributed by atoms with Gasteiger partial charge in [0.15, 0.2) is 0 Å². The van der Waals surface area contributed by atoms with E-state index in [0.717, 1.165) is 0 Å². The number of aliphatic carboxylic acids is 1. The highest BCUT2D eigenvalue weighted by atomic mass is 19.4. The van der Waals surface area contributed by atoms with E-state index in [2.05, 4.69) is 0 Å². The number of fused-ring (bicyclic) bond motifs is 1. The third-order valence-electron chi connectivity index (χ3n) is 2.94. The molecule has 7 heteroatoms. The summed E-state index contributed by atoms with van der Waals surface area (Å²) in [5.41, 5.74) is 0. The number of hydrogen-bond donors (Lipinski definition) is 1. The summed E-state index contributed by atoms with van der Waals surface area (Å²) < 4.78 is 36.2. The Morgan fingerprint density at radius 3 is 2.33 bits per heavy atom. The maximum absolute atomic E-state index is 12.1. The molecule has 0 aromatic rings. The Morgan fingerprint density at radius 2 is 1.93 bits per heavy atom. The molecule has 1 heterocycles. The standard InChI is InChI=1S/C8H8F3NO3/c9-8(10,11)7(15)12-2-4(6(13)14)3-1-5(3)12/h3-5H,1-2H2,(H,13,14). The number of piperidine rings is 1. The first-order valence-corrected chi connectivity index (χ1v) is 4.43. The number of carbonyl (C=O) groups excluding carboxylic acids is 1. The van der Waals surface area contributed by atoms with Gasteiger partial charge in [0.2, 0.25) is 0 Å². The van der Waals surface area contributed by atoms with Crippen LogP contribution in [0.15, 0.2) is 0 Å². The van der Waals surface area contributed by atoms with Crippen LogP contribution in [0.25, 0.3) is 0 Å². The van der Waals surface area contributed by atoms with Gasteiger partial charge in [0, 0.05) is 12.6 Å². The molecule has 4 nitrogen and oxygen atoms in total. The van der Waals surface area contributed by atoms with Crippen molar-refractivity contribution in [3.05, 3.63) is 0 Å². The molecule has 2 fully saturated rings. The molecular formula is C8H8F3NO3. The van der Waals surface area contributed by atoms with Crippen LogP contribution in [-0.2, 0) is 9.59 Å². The lowest BCUT2D eigenvalue weighted by atomic mass is 10.1. The Hall–Kier alpha value is -1.27. The predicted octanol–water partition coefficient (Wildman–Crippen LogP) is 0.480. The van der Waals surface area contributed by atoms with Crippen molar-refractivity contribution < 1.29 is 27.9 Å². The molecule has 2 rings (SSSR count). The molecule has 84 valence electrons. The van der Waals surface area contributed by atoms with Crippen molar-refractivity contribution in [3.63, 3.8) is 0 Å². The highest BCUT2D eigenvalue weighted by molar-refractivity contribution is 5.84. The lowest BCUT2D eigenvalue weighted by Gasteiger charge is -2.20. The molecule has 0 aromatic heterocycles. The number of carboxylic acids is 1. The molecule has 0 spiro atoms. The van der Waals surface area contributed by atoms with Crippen molar-refractivity contribution in [1.29, 1.82) is 0 Å². The zero-order valence-corrected chi connectivity index (χ0v) is 7.49. The van der Waals surface area contributed by atoms with Gasteiger partial charge < -0.3 is 10.0 Å². The molecule has 15 heavy (non-hydrogen) atoms. The van der Waals surface area contributed by atoms with E-state index >= 15 is 0 Å². The molecule has 1 N–H and O–H groups in total. The van der Waals surface area contributed by atoms with Crippen LogP contribution in [0.3, 0.4) is 0 Å². The fourth-order valence-electron chi connectivity index (χ4n) is 2.13. The topological polar surface area (TPSA) is 57.6 Å². The van der Waals surface area contributed by atoms with Crippen LogP contribution in [0.4, 0.5) is 13.2 Å². The smallest absolute Gasteiger partial charge is 0.471 e. The van der Waals surface area contributed by atoms with Crippen LogP contribution in [0.2, 0.25) is 0 Å². The van der Waals surface area contributed by atoms with Crippen molar-refractivity contribution in [2.75, 3.05) is 6.54 Å². The highest BCUT2D eigenvalue weighted by Crippen LogP contribution is 2.49. The molecule has 1 amide bonds. The molecule has 3 unspecified atom stereocenters. The summed E-state index contributed by atoms with van der Waals surface area (Å²) in [6.07, 6.45) is -4.53. The van der Waals surface area contributed by atoms with Crippen LogP contribution >= 0.6 is 0 Å². The first-order chi connectivity index (χ1) is 6.82. The van der Waals surface area contributed by atoms with Crippen LogP contribution < -0.4 is 0 Å². The third-order valence-corrected chi connectivity index (χ3v) is 2.94. The van der Waals surface area contributed by atoms with Gasteiger partial charge in [0.25, 0.3) is 0 Å². The van der Waals surface area contributed by atoms with E-state index in [-0.39, 0.29) is 12.5 Å². The third kappa shape index (κ3) is 1.55. The zero-order valence-electron chi connectivity index (χ0n) is 7.49. The maximum Gasteiger partial charge on any atom is 0.471 e. The monoisotopic (exact) mass is 223 g/mol. The minimum absolute atomic E-state index is 0.284. The molecular weight excluding hydrogens is 215 g/mol. The fourth-order valence-corrected chi connectivity index (χ4v) is 2.13. The summed E-state index contributed by atoms with van der Waals surface area (Å²) in [5.74, 6) is -4.16. The van der Waals surface area contributed by atoms with Gasteiger partial charge >= 0.3 is 18.1 Å². The van der Waals surface area contributed by atoms with E-state index in [1.54, 1.807) is 0 Å². The Kier molecular flexibility index (Phi) is 1.96.